The summed E-state index contributed by atoms with van der Waals surface area (Å²) in [5, 5.41) is 4.16. The lowest BCUT2D eigenvalue weighted by molar-refractivity contribution is -0.137. The third-order valence-corrected chi connectivity index (χ3v) is 6.10. The van der Waals surface area contributed by atoms with Gasteiger partial charge in [0.2, 0.25) is 11.8 Å². The Morgan fingerprint density at radius 1 is 1.00 bits per heavy atom. The van der Waals surface area contributed by atoms with E-state index in [0.29, 0.717) is 24.7 Å². The summed E-state index contributed by atoms with van der Waals surface area (Å²) in [5.74, 6) is 1.47. The predicted molar refractivity (Wildman–Crippen MR) is 113 cm³/mol. The molecule has 2 aliphatic rings. The van der Waals surface area contributed by atoms with Gasteiger partial charge < -0.3 is 9.42 Å². The Morgan fingerprint density at radius 3 is 2.53 bits per heavy atom. The molecule has 1 unspecified atom stereocenters. The predicted octanol–water partition coefficient (Wildman–Crippen LogP) is 3.21. The number of likely N-dealkylation sites (tertiary alicyclic amines) is 1. The van der Waals surface area contributed by atoms with E-state index < -0.39 is 0 Å². The Bertz CT molecular complexity index is 1010. The molecule has 6 nitrogen and oxygen atoms in total. The highest BCUT2D eigenvalue weighted by molar-refractivity contribution is 5.82. The zero-order valence-electron chi connectivity index (χ0n) is 17.0. The summed E-state index contributed by atoms with van der Waals surface area (Å²) in [7, 11) is 0. The zero-order chi connectivity index (χ0) is 20.3. The third kappa shape index (κ3) is 4.00. The molecule has 1 fully saturated rings. The van der Waals surface area contributed by atoms with E-state index in [1.807, 2.05) is 23.1 Å². The molecule has 2 aliphatic heterocycles. The lowest BCUT2D eigenvalue weighted by Gasteiger charge is -2.37. The van der Waals surface area contributed by atoms with Crippen LogP contribution in [0.3, 0.4) is 0 Å². The van der Waals surface area contributed by atoms with E-state index in [1.165, 1.54) is 11.1 Å². The number of carbonyl (C=O) groups is 1. The number of nitrogens with zero attached hydrogens (tertiary/aromatic N) is 4. The highest BCUT2D eigenvalue weighted by Crippen LogP contribution is 2.27. The molecule has 6 heteroatoms. The molecule has 0 aliphatic carbocycles. The number of hydrogen-bond acceptors (Lipinski definition) is 5. The largest absolute Gasteiger partial charge is 0.341 e. The molecule has 2 aromatic carbocycles. The SMILES string of the molecule is O=C(C1Cc2ccccc2CN1Cc1nc(Cc2ccccc2)no1)N1CCCC1. The Hall–Kier alpha value is -2.99. The fraction of sp³-hybridized carbons (Fsp3) is 0.375. The van der Waals surface area contributed by atoms with Gasteiger partial charge in [-0.25, -0.2) is 0 Å². The average molecular weight is 402 g/mol. The summed E-state index contributed by atoms with van der Waals surface area (Å²) in [5.41, 5.74) is 3.69. The molecule has 1 aromatic heterocycles. The molecule has 1 saturated heterocycles. The molecule has 0 N–H and O–H groups in total. The second kappa shape index (κ2) is 8.40. The van der Waals surface area contributed by atoms with Crippen LogP contribution in [0, 0.1) is 0 Å². The average Bonchev–Trinajstić information content (AvgIpc) is 3.46. The van der Waals surface area contributed by atoms with Gasteiger partial charge in [0.25, 0.3) is 0 Å². The molecule has 0 spiro atoms. The van der Waals surface area contributed by atoms with Crippen LogP contribution in [0.25, 0.3) is 0 Å². The monoisotopic (exact) mass is 402 g/mol. The minimum Gasteiger partial charge on any atom is -0.341 e. The molecular weight excluding hydrogens is 376 g/mol. The molecule has 154 valence electrons. The second-order valence-electron chi connectivity index (χ2n) is 8.19. The van der Waals surface area contributed by atoms with E-state index in [0.717, 1.165) is 44.5 Å². The first-order chi connectivity index (χ1) is 14.8. The summed E-state index contributed by atoms with van der Waals surface area (Å²) in [6, 6.07) is 18.4. The Kier molecular flexibility index (Phi) is 5.32. The lowest BCUT2D eigenvalue weighted by atomic mass is 9.93. The number of aromatic nitrogens is 2. The van der Waals surface area contributed by atoms with E-state index in [2.05, 4.69) is 51.4 Å². The van der Waals surface area contributed by atoms with E-state index >= 15 is 0 Å². The fourth-order valence-electron chi connectivity index (χ4n) is 4.51. The van der Waals surface area contributed by atoms with Gasteiger partial charge in [0.15, 0.2) is 5.82 Å². The first-order valence-corrected chi connectivity index (χ1v) is 10.7. The molecule has 5 rings (SSSR count). The molecule has 0 bridgehead atoms. The normalized spacial score (nSPS) is 19.1. The van der Waals surface area contributed by atoms with Crippen LogP contribution in [0.4, 0.5) is 0 Å². The van der Waals surface area contributed by atoms with Gasteiger partial charge in [-0.1, -0.05) is 59.8 Å². The summed E-state index contributed by atoms with van der Waals surface area (Å²) in [6.07, 6.45) is 3.57. The number of hydrogen-bond donors (Lipinski definition) is 0. The van der Waals surface area contributed by atoms with Crippen LogP contribution in [0.15, 0.2) is 59.1 Å². The lowest BCUT2D eigenvalue weighted by Crippen LogP contribution is -2.50. The minimum absolute atomic E-state index is 0.178. The van der Waals surface area contributed by atoms with Gasteiger partial charge in [-0.3, -0.25) is 9.69 Å². The van der Waals surface area contributed by atoms with Crippen LogP contribution in [0.5, 0.6) is 0 Å². The molecule has 1 amide bonds. The molecule has 0 radical (unpaired) electrons. The third-order valence-electron chi connectivity index (χ3n) is 6.10. The van der Waals surface area contributed by atoms with Gasteiger partial charge in [0.05, 0.1) is 12.6 Å². The molecule has 1 atom stereocenters. The van der Waals surface area contributed by atoms with E-state index in [-0.39, 0.29) is 11.9 Å². The maximum Gasteiger partial charge on any atom is 0.240 e. The number of rotatable bonds is 5. The summed E-state index contributed by atoms with van der Waals surface area (Å²) in [4.78, 5) is 22.1. The number of carbonyl (C=O) groups excluding carboxylic acids is 1. The quantitative estimate of drug-likeness (QED) is 0.656. The first kappa shape index (κ1) is 19.0. The summed E-state index contributed by atoms with van der Waals surface area (Å²) < 4.78 is 5.55. The van der Waals surface area contributed by atoms with Crippen LogP contribution in [0.1, 0.15) is 41.2 Å². The van der Waals surface area contributed by atoms with E-state index in [1.54, 1.807) is 0 Å². The van der Waals surface area contributed by atoms with E-state index in [9.17, 15) is 4.79 Å². The van der Waals surface area contributed by atoms with Crippen molar-refractivity contribution in [3.63, 3.8) is 0 Å². The van der Waals surface area contributed by atoms with Gasteiger partial charge in [-0.2, -0.15) is 4.98 Å². The number of amides is 1. The van der Waals surface area contributed by atoms with Crippen LogP contribution >= 0.6 is 0 Å². The van der Waals surface area contributed by atoms with Crippen molar-refractivity contribution in [3.05, 3.63) is 83.0 Å². The molecule has 0 saturated carbocycles. The van der Waals surface area contributed by atoms with Gasteiger partial charge >= 0.3 is 0 Å². The van der Waals surface area contributed by atoms with Crippen LogP contribution in [0.2, 0.25) is 0 Å². The molecule has 3 aromatic rings. The maximum absolute atomic E-state index is 13.3. The van der Waals surface area contributed by atoms with Crippen molar-refractivity contribution < 1.29 is 9.32 Å². The van der Waals surface area contributed by atoms with Crippen LogP contribution in [-0.2, 0) is 30.7 Å². The maximum atomic E-state index is 13.3. The molecule has 30 heavy (non-hydrogen) atoms. The standard InChI is InChI=1S/C24H26N4O2/c29-24(27-12-6-7-13-27)21-15-19-10-4-5-11-20(19)16-28(21)17-23-25-22(26-30-23)14-18-8-2-1-3-9-18/h1-5,8-11,21H,6-7,12-17H2. The molecular formula is C24H26N4O2. The van der Waals surface area contributed by atoms with Gasteiger partial charge in [0.1, 0.15) is 0 Å². The van der Waals surface area contributed by atoms with E-state index in [4.69, 9.17) is 4.52 Å². The van der Waals surface area contributed by atoms with Gasteiger partial charge in [-0.05, 0) is 36.0 Å². The number of benzene rings is 2. The first-order valence-electron chi connectivity index (χ1n) is 10.7. The van der Waals surface area contributed by atoms with Crippen molar-refractivity contribution in [2.45, 2.75) is 44.8 Å². The van der Waals surface area contributed by atoms with Crippen molar-refractivity contribution in [2.75, 3.05) is 13.1 Å². The van der Waals surface area contributed by atoms with Crippen LogP contribution < -0.4 is 0 Å². The highest BCUT2D eigenvalue weighted by atomic mass is 16.5. The van der Waals surface area contributed by atoms with Crippen molar-refractivity contribution in [1.82, 2.24) is 19.9 Å². The minimum atomic E-state index is -0.178. The summed E-state index contributed by atoms with van der Waals surface area (Å²) >= 11 is 0. The van der Waals surface area contributed by atoms with Crippen molar-refractivity contribution in [2.24, 2.45) is 0 Å². The second-order valence-corrected chi connectivity index (χ2v) is 8.19. The zero-order valence-corrected chi connectivity index (χ0v) is 17.0. The Morgan fingerprint density at radius 2 is 1.73 bits per heavy atom. The Labute approximate surface area is 176 Å². The van der Waals surface area contributed by atoms with Gasteiger partial charge in [-0.15, -0.1) is 0 Å². The number of fused-ring (bicyclic) bond motifs is 1. The van der Waals surface area contributed by atoms with Gasteiger partial charge in [0, 0.05) is 26.1 Å². The smallest absolute Gasteiger partial charge is 0.240 e. The van der Waals surface area contributed by atoms with Crippen LogP contribution in [-0.4, -0.2) is 45.0 Å². The van der Waals surface area contributed by atoms with Crippen molar-refractivity contribution in [3.8, 4) is 0 Å². The van der Waals surface area contributed by atoms with Crippen molar-refractivity contribution in [1.29, 1.82) is 0 Å². The Balaban J connectivity index is 1.35. The fourth-order valence-corrected chi connectivity index (χ4v) is 4.51. The van der Waals surface area contributed by atoms with Crippen molar-refractivity contribution >= 4 is 5.91 Å². The highest BCUT2D eigenvalue weighted by Gasteiger charge is 2.35. The molecule has 3 heterocycles. The summed E-state index contributed by atoms with van der Waals surface area (Å²) in [6.45, 7) is 2.94. The topological polar surface area (TPSA) is 62.5 Å².